The largest absolute Gasteiger partial charge is 0.368 e. The second-order valence-corrected chi connectivity index (χ2v) is 7.91. The molecule has 2 N–H and O–H groups in total. The Hall–Kier alpha value is -2.74. The molecule has 3 aliphatic rings. The molecule has 3 aliphatic heterocycles. The number of rotatable bonds is 2. The molecule has 3 heterocycles. The van der Waals surface area contributed by atoms with Gasteiger partial charge in [0.15, 0.2) is 0 Å². The zero-order chi connectivity index (χ0) is 19.3. The maximum absolute atomic E-state index is 12.9. The standard InChI is InChI=1S/C19H22N4O4/c1-19(2)10-22(8-7-20-19)11-3-4-12-13(9-11)18(27)23(17(12)26)14-5-6-15(24)21-16(14)25/h3-4,9,14,20H,5-8,10H2,1-2H3,(H,21,24,25). The molecule has 27 heavy (non-hydrogen) atoms. The summed E-state index contributed by atoms with van der Waals surface area (Å²) in [5.74, 6) is -1.92. The molecule has 0 bridgehead atoms. The van der Waals surface area contributed by atoms with Gasteiger partial charge in [0, 0.05) is 37.3 Å². The zero-order valence-electron chi connectivity index (χ0n) is 15.4. The van der Waals surface area contributed by atoms with Gasteiger partial charge in [-0.3, -0.25) is 29.4 Å². The molecular weight excluding hydrogens is 348 g/mol. The van der Waals surface area contributed by atoms with Crippen LogP contribution in [0, 0.1) is 0 Å². The van der Waals surface area contributed by atoms with Gasteiger partial charge in [0.25, 0.3) is 11.8 Å². The van der Waals surface area contributed by atoms with Crippen LogP contribution in [0.1, 0.15) is 47.4 Å². The number of imide groups is 2. The Labute approximate surface area is 156 Å². The summed E-state index contributed by atoms with van der Waals surface area (Å²) >= 11 is 0. The van der Waals surface area contributed by atoms with Crippen LogP contribution in [0.15, 0.2) is 18.2 Å². The van der Waals surface area contributed by atoms with E-state index >= 15 is 0 Å². The van der Waals surface area contributed by atoms with Gasteiger partial charge in [-0.1, -0.05) is 0 Å². The van der Waals surface area contributed by atoms with Crippen molar-refractivity contribution in [1.29, 1.82) is 0 Å². The molecule has 0 radical (unpaired) electrons. The number of benzene rings is 1. The number of piperidine rings is 1. The molecule has 2 fully saturated rings. The summed E-state index contributed by atoms with van der Waals surface area (Å²) in [6.07, 6.45) is 0.278. The van der Waals surface area contributed by atoms with E-state index in [0.717, 1.165) is 30.2 Å². The van der Waals surface area contributed by atoms with Crippen molar-refractivity contribution < 1.29 is 19.2 Å². The third-order valence-corrected chi connectivity index (χ3v) is 5.36. The minimum absolute atomic E-state index is 0.0458. The van der Waals surface area contributed by atoms with Crippen molar-refractivity contribution >= 4 is 29.3 Å². The third-order valence-electron chi connectivity index (χ3n) is 5.36. The Morgan fingerprint density at radius 3 is 2.52 bits per heavy atom. The lowest BCUT2D eigenvalue weighted by Crippen LogP contribution is -2.57. The Morgan fingerprint density at radius 1 is 1.07 bits per heavy atom. The summed E-state index contributed by atoms with van der Waals surface area (Å²) in [6, 6.07) is 4.31. The fraction of sp³-hybridized carbons (Fsp3) is 0.474. The summed E-state index contributed by atoms with van der Waals surface area (Å²) in [4.78, 5) is 52.3. The first-order valence-electron chi connectivity index (χ1n) is 9.12. The van der Waals surface area contributed by atoms with Crippen LogP contribution in [0.25, 0.3) is 0 Å². The average Bonchev–Trinajstić information content (AvgIpc) is 2.85. The van der Waals surface area contributed by atoms with Crippen molar-refractivity contribution in [2.24, 2.45) is 0 Å². The summed E-state index contributed by atoms with van der Waals surface area (Å²) in [7, 11) is 0. The van der Waals surface area contributed by atoms with Crippen molar-refractivity contribution in [3.8, 4) is 0 Å². The summed E-state index contributed by atoms with van der Waals surface area (Å²) in [5, 5.41) is 5.65. The normalized spacial score (nSPS) is 24.9. The number of nitrogens with zero attached hydrogens (tertiary/aromatic N) is 2. The first-order valence-corrected chi connectivity index (χ1v) is 9.12. The third kappa shape index (κ3) is 2.99. The minimum atomic E-state index is -0.934. The van der Waals surface area contributed by atoms with Gasteiger partial charge in [-0.25, -0.2) is 0 Å². The maximum atomic E-state index is 12.9. The molecule has 0 aromatic heterocycles. The van der Waals surface area contributed by atoms with Gasteiger partial charge in [-0.05, 0) is 38.5 Å². The molecule has 1 aromatic rings. The van der Waals surface area contributed by atoms with Crippen molar-refractivity contribution in [2.75, 3.05) is 24.5 Å². The number of anilines is 1. The number of carbonyl (C=O) groups is 4. The highest BCUT2D eigenvalue weighted by Crippen LogP contribution is 2.31. The predicted octanol–water partition coefficient (Wildman–Crippen LogP) is 0.276. The van der Waals surface area contributed by atoms with Crippen molar-refractivity contribution in [3.05, 3.63) is 29.3 Å². The topological polar surface area (TPSA) is 98.8 Å². The Balaban J connectivity index is 1.62. The summed E-state index contributed by atoms with van der Waals surface area (Å²) in [5.41, 5.74) is 1.46. The number of hydrogen-bond donors (Lipinski definition) is 2. The van der Waals surface area contributed by atoms with Crippen LogP contribution in [0.4, 0.5) is 5.69 Å². The molecule has 0 spiro atoms. The lowest BCUT2D eigenvalue weighted by atomic mass is 10.0. The molecule has 2 saturated heterocycles. The van der Waals surface area contributed by atoms with E-state index in [9.17, 15) is 19.2 Å². The van der Waals surface area contributed by atoms with E-state index in [1.54, 1.807) is 12.1 Å². The van der Waals surface area contributed by atoms with E-state index in [1.165, 1.54) is 0 Å². The lowest BCUT2D eigenvalue weighted by molar-refractivity contribution is -0.136. The van der Waals surface area contributed by atoms with E-state index in [0.29, 0.717) is 11.1 Å². The first kappa shape index (κ1) is 17.7. The van der Waals surface area contributed by atoms with Crippen molar-refractivity contribution in [2.45, 2.75) is 38.3 Å². The molecule has 0 aliphatic carbocycles. The highest BCUT2D eigenvalue weighted by Gasteiger charge is 2.44. The molecule has 0 saturated carbocycles. The average molecular weight is 370 g/mol. The van der Waals surface area contributed by atoms with Gasteiger partial charge in [0.2, 0.25) is 11.8 Å². The highest BCUT2D eigenvalue weighted by atomic mass is 16.2. The van der Waals surface area contributed by atoms with Crippen LogP contribution >= 0.6 is 0 Å². The summed E-state index contributed by atoms with van der Waals surface area (Å²) in [6.45, 7) is 6.66. The molecular formula is C19H22N4O4. The van der Waals surface area contributed by atoms with Crippen LogP contribution in [-0.4, -0.2) is 59.7 Å². The smallest absolute Gasteiger partial charge is 0.262 e. The Kier molecular flexibility index (Phi) is 4.03. The number of nitrogens with one attached hydrogen (secondary N) is 2. The van der Waals surface area contributed by atoms with E-state index < -0.39 is 23.8 Å². The van der Waals surface area contributed by atoms with Gasteiger partial charge in [0.1, 0.15) is 6.04 Å². The van der Waals surface area contributed by atoms with Crippen molar-refractivity contribution in [1.82, 2.24) is 15.5 Å². The number of carbonyl (C=O) groups excluding carboxylic acids is 4. The van der Waals surface area contributed by atoms with Crippen LogP contribution < -0.4 is 15.5 Å². The van der Waals surface area contributed by atoms with Gasteiger partial charge in [-0.15, -0.1) is 0 Å². The molecule has 1 unspecified atom stereocenters. The number of hydrogen-bond acceptors (Lipinski definition) is 6. The Bertz CT molecular complexity index is 863. The first-order chi connectivity index (χ1) is 12.8. The van der Waals surface area contributed by atoms with Crippen LogP contribution in [0.5, 0.6) is 0 Å². The second kappa shape index (κ2) is 6.16. The van der Waals surface area contributed by atoms with E-state index in [1.807, 2.05) is 6.07 Å². The van der Waals surface area contributed by atoms with E-state index in [4.69, 9.17) is 0 Å². The van der Waals surface area contributed by atoms with Gasteiger partial charge >= 0.3 is 0 Å². The molecule has 4 rings (SSSR count). The fourth-order valence-corrected chi connectivity index (χ4v) is 4.02. The monoisotopic (exact) mass is 370 g/mol. The SMILES string of the molecule is CC1(C)CN(c2ccc3c(c2)C(=O)N(C2CCC(=O)NC2=O)C3=O)CCN1. The maximum Gasteiger partial charge on any atom is 0.262 e. The van der Waals surface area contributed by atoms with Gasteiger partial charge in [-0.2, -0.15) is 0 Å². The molecule has 1 aromatic carbocycles. The quantitative estimate of drug-likeness (QED) is 0.726. The van der Waals surface area contributed by atoms with Gasteiger partial charge in [0.05, 0.1) is 11.1 Å². The van der Waals surface area contributed by atoms with Crippen LogP contribution in [0.3, 0.4) is 0 Å². The number of amides is 4. The van der Waals surface area contributed by atoms with Crippen LogP contribution in [0.2, 0.25) is 0 Å². The second-order valence-electron chi connectivity index (χ2n) is 7.91. The number of piperazine rings is 1. The molecule has 4 amide bonds. The van der Waals surface area contributed by atoms with E-state index in [2.05, 4.69) is 29.4 Å². The predicted molar refractivity (Wildman–Crippen MR) is 97.4 cm³/mol. The Morgan fingerprint density at radius 2 is 1.81 bits per heavy atom. The lowest BCUT2D eigenvalue weighted by Gasteiger charge is -2.40. The highest BCUT2D eigenvalue weighted by molar-refractivity contribution is 6.23. The number of fused-ring (bicyclic) bond motifs is 1. The molecule has 8 nitrogen and oxygen atoms in total. The van der Waals surface area contributed by atoms with Crippen molar-refractivity contribution in [3.63, 3.8) is 0 Å². The fourth-order valence-electron chi connectivity index (χ4n) is 4.02. The van der Waals surface area contributed by atoms with E-state index in [-0.39, 0.29) is 24.3 Å². The summed E-state index contributed by atoms with van der Waals surface area (Å²) < 4.78 is 0. The zero-order valence-corrected chi connectivity index (χ0v) is 15.4. The molecule has 142 valence electrons. The molecule has 1 atom stereocenters. The molecule has 8 heteroatoms. The minimum Gasteiger partial charge on any atom is -0.368 e. The van der Waals surface area contributed by atoms with Gasteiger partial charge < -0.3 is 10.2 Å². The van der Waals surface area contributed by atoms with Crippen LogP contribution in [-0.2, 0) is 9.59 Å².